The lowest BCUT2D eigenvalue weighted by molar-refractivity contribution is 0.779. The molecule has 0 aliphatic heterocycles. The van der Waals surface area contributed by atoms with E-state index in [1.807, 2.05) is 32.0 Å². The molecule has 0 nitrogen and oxygen atoms in total. The monoisotopic (exact) mass is 594 g/mol. The normalized spacial score (nSPS) is 16.5. The van der Waals surface area contributed by atoms with Gasteiger partial charge >= 0.3 is 0 Å². The predicted molar refractivity (Wildman–Crippen MR) is 198 cm³/mol. The third-order valence-electron chi connectivity index (χ3n) is 10.0. The first-order valence-electron chi connectivity index (χ1n) is 16.8. The second-order valence-corrected chi connectivity index (χ2v) is 12.5. The summed E-state index contributed by atoms with van der Waals surface area (Å²) in [5.74, 6) is 0. The fourth-order valence-corrected chi connectivity index (χ4v) is 8.07. The molecule has 6 aromatic carbocycles. The lowest BCUT2D eigenvalue weighted by Crippen LogP contribution is -2.27. The maximum Gasteiger partial charge on any atom is 0.0722 e. The zero-order valence-corrected chi connectivity index (χ0v) is 27.7. The average molecular weight is 595 g/mol. The highest BCUT2D eigenvalue weighted by atomic mass is 14.5. The van der Waals surface area contributed by atoms with E-state index < -0.39 is 0 Å². The van der Waals surface area contributed by atoms with Gasteiger partial charge in [-0.25, -0.2) is 0 Å². The number of hydrogen-bond donors (Lipinski definition) is 0. The lowest BCUT2D eigenvalue weighted by atomic mass is 9.68. The minimum absolute atomic E-state index is 0.226. The van der Waals surface area contributed by atoms with E-state index in [4.69, 9.17) is 0 Å². The Bertz CT molecular complexity index is 2140. The van der Waals surface area contributed by atoms with Gasteiger partial charge in [0, 0.05) is 0 Å². The minimum atomic E-state index is -0.226. The Morgan fingerprint density at radius 1 is 0.522 bits per heavy atom. The highest BCUT2D eigenvalue weighted by molar-refractivity contribution is 5.98. The second kappa shape index (κ2) is 12.1. The van der Waals surface area contributed by atoms with Crippen molar-refractivity contribution in [3.8, 4) is 22.3 Å². The number of hydrogen-bond acceptors (Lipinski definition) is 0. The van der Waals surface area contributed by atoms with Crippen LogP contribution in [0.1, 0.15) is 65.6 Å². The van der Waals surface area contributed by atoms with E-state index in [1.165, 1.54) is 83.1 Å². The molecule has 0 radical (unpaired) electrons. The Kier molecular flexibility index (Phi) is 7.83. The minimum Gasteiger partial charge on any atom is -0.0839 e. The Morgan fingerprint density at radius 2 is 1.17 bits per heavy atom. The lowest BCUT2D eigenvalue weighted by Gasteiger charge is -2.32. The first kappa shape index (κ1) is 29.8. The van der Waals surface area contributed by atoms with Crippen molar-refractivity contribution < 1.29 is 0 Å². The molecule has 0 saturated carbocycles. The van der Waals surface area contributed by atoms with Crippen LogP contribution in [-0.2, 0) is 5.41 Å². The van der Waals surface area contributed by atoms with Gasteiger partial charge < -0.3 is 0 Å². The van der Waals surface area contributed by atoms with Crippen molar-refractivity contribution in [2.75, 3.05) is 0 Å². The predicted octanol–water partition coefficient (Wildman–Crippen LogP) is 12.6. The van der Waals surface area contributed by atoms with E-state index in [-0.39, 0.29) is 5.41 Å². The molecular weight excluding hydrogens is 553 g/mol. The van der Waals surface area contributed by atoms with Gasteiger partial charge in [0.1, 0.15) is 0 Å². The first-order chi connectivity index (χ1) is 22.6. The van der Waals surface area contributed by atoms with Gasteiger partial charge in [0.2, 0.25) is 0 Å². The summed E-state index contributed by atoms with van der Waals surface area (Å²) in [6.07, 6.45) is 7.06. The van der Waals surface area contributed by atoms with Crippen molar-refractivity contribution >= 4 is 16.3 Å². The molecule has 46 heavy (non-hydrogen) atoms. The van der Waals surface area contributed by atoms with Gasteiger partial charge in [0.05, 0.1) is 5.41 Å². The molecule has 3 aliphatic carbocycles. The largest absolute Gasteiger partial charge is 0.0839 e. The summed E-state index contributed by atoms with van der Waals surface area (Å²) in [5, 5.41) is 2.64. The molecule has 1 spiro atoms. The van der Waals surface area contributed by atoms with E-state index in [0.29, 0.717) is 0 Å². The topological polar surface area (TPSA) is 0 Å². The Morgan fingerprint density at radius 3 is 1.91 bits per heavy atom. The molecule has 0 saturated heterocycles. The van der Waals surface area contributed by atoms with Crippen LogP contribution >= 0.6 is 0 Å². The van der Waals surface area contributed by atoms with Gasteiger partial charge in [-0.15, -0.1) is 0 Å². The van der Waals surface area contributed by atoms with E-state index in [0.717, 1.165) is 12.8 Å². The maximum atomic E-state index is 2.51. The fourth-order valence-electron chi connectivity index (χ4n) is 8.07. The summed E-state index contributed by atoms with van der Waals surface area (Å²) in [5.41, 5.74) is 18.0. The molecule has 1 atom stereocenters. The number of aryl methyl sites for hydroxylation is 3. The van der Waals surface area contributed by atoms with Crippen LogP contribution in [0, 0.1) is 20.8 Å². The van der Waals surface area contributed by atoms with Crippen LogP contribution in [0.2, 0.25) is 0 Å². The summed E-state index contributed by atoms with van der Waals surface area (Å²) in [6.45, 7) is 10.7. The average Bonchev–Trinajstić information content (AvgIpc) is 3.57. The van der Waals surface area contributed by atoms with Crippen LogP contribution in [0.3, 0.4) is 0 Å². The molecule has 0 bridgehead atoms. The quantitative estimate of drug-likeness (QED) is 0.178. The van der Waals surface area contributed by atoms with Crippen molar-refractivity contribution in [1.82, 2.24) is 0 Å². The Labute approximate surface area is 274 Å². The molecule has 6 aromatic rings. The Balaban J connectivity index is 0.000000331. The van der Waals surface area contributed by atoms with Crippen LogP contribution in [0.25, 0.3) is 38.6 Å². The smallest absolute Gasteiger partial charge is 0.0722 e. The van der Waals surface area contributed by atoms with Crippen molar-refractivity contribution in [3.63, 3.8) is 0 Å². The van der Waals surface area contributed by atoms with E-state index >= 15 is 0 Å². The molecule has 0 amide bonds. The molecule has 3 aliphatic rings. The third kappa shape index (κ3) is 4.51. The number of fused-ring (bicyclic) bond motifs is 10. The third-order valence-corrected chi connectivity index (χ3v) is 10.0. The van der Waals surface area contributed by atoms with Crippen LogP contribution in [0.4, 0.5) is 0 Å². The fraction of sp³-hybridized carbons (Fsp3) is 0.174. The molecule has 1 unspecified atom stereocenters. The number of benzene rings is 6. The van der Waals surface area contributed by atoms with Crippen LogP contribution in [0.15, 0.2) is 145 Å². The number of rotatable bonds is 1. The maximum absolute atomic E-state index is 2.51. The van der Waals surface area contributed by atoms with Crippen LogP contribution < -0.4 is 0 Å². The standard InChI is InChI=1S/C37H28.C7H8.C2H6/c1-23-21-36-32(22-31(23)27-20-19-25-11-3-4-12-26(25)24(27)2)30-15-7-10-18-35(30)37(36)33-16-8-5-13-28(33)29-14-6-9-17-34(29)37;1-7-5-3-2-4-6-7;1-2/h3-5,7-13,15-22H,6,14H2,1-2H3;2-6H,1H3;1-2H3. The zero-order valence-electron chi connectivity index (χ0n) is 27.7. The van der Waals surface area contributed by atoms with Crippen LogP contribution in [-0.4, -0.2) is 0 Å². The molecular formula is C46H42. The van der Waals surface area contributed by atoms with Crippen molar-refractivity contribution in [1.29, 1.82) is 0 Å². The van der Waals surface area contributed by atoms with Gasteiger partial charge in [-0.2, -0.15) is 0 Å². The van der Waals surface area contributed by atoms with Gasteiger partial charge in [-0.1, -0.05) is 153 Å². The molecule has 0 heterocycles. The van der Waals surface area contributed by atoms with Crippen molar-refractivity contribution in [2.24, 2.45) is 0 Å². The molecule has 226 valence electrons. The summed E-state index contributed by atoms with van der Waals surface area (Å²) < 4.78 is 0. The second-order valence-electron chi connectivity index (χ2n) is 12.5. The van der Waals surface area contributed by atoms with Gasteiger partial charge in [-0.05, 0) is 117 Å². The van der Waals surface area contributed by atoms with E-state index in [9.17, 15) is 0 Å². The van der Waals surface area contributed by atoms with E-state index in [1.54, 1.807) is 0 Å². The van der Waals surface area contributed by atoms with Crippen molar-refractivity contribution in [2.45, 2.75) is 52.9 Å². The van der Waals surface area contributed by atoms with Crippen molar-refractivity contribution in [3.05, 3.63) is 184 Å². The molecule has 9 rings (SSSR count). The van der Waals surface area contributed by atoms with Gasteiger partial charge in [-0.3, -0.25) is 0 Å². The van der Waals surface area contributed by atoms with Crippen LogP contribution in [0.5, 0.6) is 0 Å². The number of allylic oxidation sites excluding steroid dienone is 4. The molecule has 0 heteroatoms. The molecule has 0 N–H and O–H groups in total. The first-order valence-corrected chi connectivity index (χ1v) is 16.8. The summed E-state index contributed by atoms with van der Waals surface area (Å²) in [6, 6.07) is 46.9. The molecule has 0 aromatic heterocycles. The zero-order chi connectivity index (χ0) is 31.8. The van der Waals surface area contributed by atoms with E-state index in [2.05, 4.69) is 142 Å². The summed E-state index contributed by atoms with van der Waals surface area (Å²) in [4.78, 5) is 0. The SMILES string of the molecule is CC.Cc1cc2c(cc1-c1ccc3ccccc3c1C)-c1ccccc1C21C2=C(CCC=C2)c2ccccc21.Cc1ccccc1. The summed E-state index contributed by atoms with van der Waals surface area (Å²) in [7, 11) is 0. The Hall–Kier alpha value is -4.94. The van der Waals surface area contributed by atoms with Gasteiger partial charge in [0.25, 0.3) is 0 Å². The molecule has 0 fully saturated rings. The van der Waals surface area contributed by atoms with Gasteiger partial charge in [0.15, 0.2) is 0 Å². The highest BCUT2D eigenvalue weighted by Gasteiger charge is 2.52. The highest BCUT2D eigenvalue weighted by Crippen LogP contribution is 2.63. The summed E-state index contributed by atoms with van der Waals surface area (Å²) >= 11 is 0.